The molecule has 90 valence electrons. The van der Waals surface area contributed by atoms with Crippen LogP contribution in [0.4, 0.5) is 0 Å². The zero-order valence-electron chi connectivity index (χ0n) is 9.15. The molecule has 1 aromatic heterocycles. The summed E-state index contributed by atoms with van der Waals surface area (Å²) in [6.07, 6.45) is 0.831. The average Bonchev–Trinajstić information content (AvgIpc) is 2.80. The normalized spacial score (nSPS) is 12.7. The number of nitrogens with two attached hydrogens (primary N) is 1. The molecule has 1 unspecified atom stereocenters. The third kappa shape index (κ3) is 2.77. The van der Waals surface area contributed by atoms with E-state index in [9.17, 15) is 0 Å². The Labute approximate surface area is 114 Å². The predicted molar refractivity (Wildman–Crippen MR) is 72.6 cm³/mol. The molecule has 0 aliphatic heterocycles. The quantitative estimate of drug-likeness (QED) is 0.931. The van der Waals surface area contributed by atoms with Gasteiger partial charge in [-0.05, 0) is 24.6 Å². The summed E-state index contributed by atoms with van der Waals surface area (Å²) in [5, 5.41) is 11.0. The van der Waals surface area contributed by atoms with Gasteiger partial charge >= 0.3 is 0 Å². The Morgan fingerprint density at radius 2 is 2.12 bits per heavy atom. The van der Waals surface area contributed by atoms with Gasteiger partial charge in [-0.15, -0.1) is 10.2 Å². The summed E-state index contributed by atoms with van der Waals surface area (Å²) in [7, 11) is 0. The second-order valence-electron chi connectivity index (χ2n) is 3.58. The Kier molecular flexibility index (Phi) is 3.99. The minimum absolute atomic E-state index is 0.0702. The van der Waals surface area contributed by atoms with Crippen LogP contribution in [0.1, 0.15) is 24.4 Å². The third-order valence-corrected chi connectivity index (χ3v) is 4.01. The van der Waals surface area contributed by atoms with Crippen molar-refractivity contribution < 1.29 is 0 Å². The van der Waals surface area contributed by atoms with E-state index in [1.54, 1.807) is 18.2 Å². The van der Waals surface area contributed by atoms with Crippen LogP contribution in [0.3, 0.4) is 0 Å². The Morgan fingerprint density at radius 1 is 1.35 bits per heavy atom. The number of benzene rings is 1. The van der Waals surface area contributed by atoms with E-state index >= 15 is 0 Å². The maximum absolute atomic E-state index is 6.10. The van der Waals surface area contributed by atoms with Crippen LogP contribution in [0.15, 0.2) is 18.2 Å². The number of halogens is 2. The fourth-order valence-electron chi connectivity index (χ4n) is 1.33. The molecule has 3 nitrogen and oxygen atoms in total. The maximum Gasteiger partial charge on any atom is 0.149 e. The van der Waals surface area contributed by atoms with E-state index < -0.39 is 0 Å². The summed E-state index contributed by atoms with van der Waals surface area (Å²) in [6.45, 7) is 2.01. The summed E-state index contributed by atoms with van der Waals surface area (Å²) in [4.78, 5) is 0. The van der Waals surface area contributed by atoms with Crippen molar-refractivity contribution in [1.82, 2.24) is 10.2 Å². The van der Waals surface area contributed by atoms with Crippen LogP contribution in [0.5, 0.6) is 0 Å². The number of hydrogen-bond donors (Lipinski definition) is 1. The van der Waals surface area contributed by atoms with Gasteiger partial charge in [0.1, 0.15) is 10.0 Å². The second-order valence-corrected chi connectivity index (χ2v) is 5.44. The van der Waals surface area contributed by atoms with Gasteiger partial charge in [0.2, 0.25) is 0 Å². The molecule has 0 saturated carbocycles. The van der Waals surface area contributed by atoms with Crippen LogP contribution in [0.2, 0.25) is 10.0 Å². The number of hydrogen-bond acceptors (Lipinski definition) is 4. The lowest BCUT2D eigenvalue weighted by atomic mass is 10.2. The zero-order chi connectivity index (χ0) is 12.4. The SMILES string of the molecule is CCC(N)c1nnc(-c2cc(Cl)ccc2Cl)s1. The van der Waals surface area contributed by atoms with Crippen molar-refractivity contribution in [2.24, 2.45) is 5.73 Å². The molecule has 1 aromatic carbocycles. The Bertz CT molecular complexity index is 527. The molecule has 0 radical (unpaired) electrons. The van der Waals surface area contributed by atoms with Crippen molar-refractivity contribution in [3.63, 3.8) is 0 Å². The molecule has 2 N–H and O–H groups in total. The molecule has 0 aliphatic rings. The van der Waals surface area contributed by atoms with Crippen molar-refractivity contribution >= 4 is 34.5 Å². The molecule has 0 fully saturated rings. The van der Waals surface area contributed by atoms with E-state index in [2.05, 4.69) is 10.2 Å². The lowest BCUT2D eigenvalue weighted by Crippen LogP contribution is -2.07. The molecule has 2 aromatic rings. The van der Waals surface area contributed by atoms with Gasteiger partial charge in [-0.3, -0.25) is 0 Å². The first kappa shape index (κ1) is 12.8. The molecule has 2 rings (SSSR count). The van der Waals surface area contributed by atoms with Gasteiger partial charge in [-0.1, -0.05) is 41.5 Å². The molecule has 0 bridgehead atoms. The lowest BCUT2D eigenvalue weighted by molar-refractivity contribution is 0.683. The highest BCUT2D eigenvalue weighted by Gasteiger charge is 2.14. The molecule has 17 heavy (non-hydrogen) atoms. The van der Waals surface area contributed by atoms with Gasteiger partial charge in [-0.2, -0.15) is 0 Å². The van der Waals surface area contributed by atoms with E-state index in [4.69, 9.17) is 28.9 Å². The standard InChI is InChI=1S/C11H11Cl2N3S/c1-2-9(14)11-16-15-10(17-11)7-5-6(12)3-4-8(7)13/h3-5,9H,2,14H2,1H3. The molecule has 0 aliphatic carbocycles. The van der Waals surface area contributed by atoms with Crippen LogP contribution in [-0.4, -0.2) is 10.2 Å². The zero-order valence-corrected chi connectivity index (χ0v) is 11.5. The van der Waals surface area contributed by atoms with Gasteiger partial charge < -0.3 is 5.73 Å². The van der Waals surface area contributed by atoms with Crippen molar-refractivity contribution in [2.45, 2.75) is 19.4 Å². The van der Waals surface area contributed by atoms with Crippen molar-refractivity contribution in [1.29, 1.82) is 0 Å². The van der Waals surface area contributed by atoms with Crippen molar-refractivity contribution in [3.05, 3.63) is 33.3 Å². The minimum atomic E-state index is -0.0702. The van der Waals surface area contributed by atoms with Gasteiger partial charge in [0.05, 0.1) is 11.1 Å². The molecular formula is C11H11Cl2N3S. The molecule has 0 spiro atoms. The summed E-state index contributed by atoms with van der Waals surface area (Å²) < 4.78 is 0. The van der Waals surface area contributed by atoms with E-state index in [0.717, 1.165) is 22.0 Å². The third-order valence-electron chi connectivity index (χ3n) is 2.36. The average molecular weight is 288 g/mol. The van der Waals surface area contributed by atoms with Crippen LogP contribution >= 0.6 is 34.5 Å². The van der Waals surface area contributed by atoms with Crippen LogP contribution in [-0.2, 0) is 0 Å². The largest absolute Gasteiger partial charge is 0.322 e. The molecule has 1 atom stereocenters. The van der Waals surface area contributed by atoms with Crippen LogP contribution < -0.4 is 5.73 Å². The fraction of sp³-hybridized carbons (Fsp3) is 0.273. The predicted octanol–water partition coefficient (Wildman–Crippen LogP) is 3.92. The number of rotatable bonds is 3. The monoisotopic (exact) mass is 287 g/mol. The number of aromatic nitrogens is 2. The van der Waals surface area contributed by atoms with E-state index in [-0.39, 0.29) is 6.04 Å². The lowest BCUT2D eigenvalue weighted by Gasteiger charge is -2.01. The van der Waals surface area contributed by atoms with Crippen LogP contribution in [0, 0.1) is 0 Å². The first-order valence-electron chi connectivity index (χ1n) is 5.16. The summed E-state index contributed by atoms with van der Waals surface area (Å²) >= 11 is 13.5. The topological polar surface area (TPSA) is 51.8 Å². The van der Waals surface area contributed by atoms with E-state index in [1.807, 2.05) is 6.92 Å². The van der Waals surface area contributed by atoms with E-state index in [1.165, 1.54) is 11.3 Å². The highest BCUT2D eigenvalue weighted by Crippen LogP contribution is 2.33. The van der Waals surface area contributed by atoms with Gasteiger partial charge in [0, 0.05) is 10.6 Å². The van der Waals surface area contributed by atoms with Crippen LogP contribution in [0.25, 0.3) is 10.6 Å². The summed E-state index contributed by atoms with van der Waals surface area (Å²) in [5.41, 5.74) is 6.70. The van der Waals surface area contributed by atoms with Crippen molar-refractivity contribution in [2.75, 3.05) is 0 Å². The van der Waals surface area contributed by atoms with Gasteiger partial charge in [0.25, 0.3) is 0 Å². The first-order valence-corrected chi connectivity index (χ1v) is 6.73. The number of nitrogens with zero attached hydrogens (tertiary/aromatic N) is 2. The molecule has 1 heterocycles. The smallest absolute Gasteiger partial charge is 0.149 e. The van der Waals surface area contributed by atoms with Crippen molar-refractivity contribution in [3.8, 4) is 10.6 Å². The van der Waals surface area contributed by atoms with E-state index in [0.29, 0.717) is 10.0 Å². The first-order chi connectivity index (χ1) is 8.11. The highest BCUT2D eigenvalue weighted by atomic mass is 35.5. The Morgan fingerprint density at radius 3 is 2.82 bits per heavy atom. The molecular weight excluding hydrogens is 277 g/mol. The molecule has 0 amide bonds. The Balaban J connectivity index is 2.40. The summed E-state index contributed by atoms with van der Waals surface area (Å²) in [6, 6.07) is 5.21. The minimum Gasteiger partial charge on any atom is -0.322 e. The molecule has 0 saturated heterocycles. The fourth-order valence-corrected chi connectivity index (χ4v) is 2.72. The summed E-state index contributed by atoms with van der Waals surface area (Å²) in [5.74, 6) is 0. The second kappa shape index (κ2) is 5.31. The van der Waals surface area contributed by atoms with Gasteiger partial charge in [-0.25, -0.2) is 0 Å². The van der Waals surface area contributed by atoms with Gasteiger partial charge in [0.15, 0.2) is 0 Å². The Hall–Kier alpha value is -0.680. The highest BCUT2D eigenvalue weighted by molar-refractivity contribution is 7.14. The maximum atomic E-state index is 6.10. The molecule has 6 heteroatoms.